The predicted octanol–water partition coefficient (Wildman–Crippen LogP) is 1.90. The molecule has 0 amide bonds. The summed E-state index contributed by atoms with van der Waals surface area (Å²) < 4.78 is 5.29. The molecule has 0 aliphatic carbocycles. The van der Waals surface area contributed by atoms with Crippen LogP contribution in [0.5, 0.6) is 5.75 Å². The van der Waals surface area contributed by atoms with E-state index >= 15 is 0 Å². The summed E-state index contributed by atoms with van der Waals surface area (Å²) in [4.78, 5) is 19.1. The van der Waals surface area contributed by atoms with Gasteiger partial charge in [0, 0.05) is 12.0 Å². The molecule has 0 radical (unpaired) electrons. The fraction of sp³-hybridized carbons (Fsp3) is 0.333. The predicted molar refractivity (Wildman–Crippen MR) is 79.1 cm³/mol. The van der Waals surface area contributed by atoms with Crippen molar-refractivity contribution in [2.45, 2.75) is 26.2 Å². The van der Waals surface area contributed by atoms with Crippen molar-refractivity contribution in [3.8, 4) is 5.75 Å². The first kappa shape index (κ1) is 14.1. The molecule has 0 fully saturated rings. The van der Waals surface area contributed by atoms with Gasteiger partial charge in [0.2, 0.25) is 0 Å². The third-order valence-corrected chi connectivity index (χ3v) is 3.15. The zero-order chi connectivity index (χ0) is 14.5. The Morgan fingerprint density at radius 3 is 2.75 bits per heavy atom. The monoisotopic (exact) mass is 273 g/mol. The van der Waals surface area contributed by atoms with Gasteiger partial charge in [-0.3, -0.25) is 4.79 Å². The summed E-state index contributed by atoms with van der Waals surface area (Å²) in [6, 6.07) is 7.64. The Hall–Kier alpha value is -2.30. The van der Waals surface area contributed by atoms with Gasteiger partial charge >= 0.3 is 0 Å². The minimum absolute atomic E-state index is 0.149. The van der Waals surface area contributed by atoms with Gasteiger partial charge in [-0.05, 0) is 12.5 Å². The van der Waals surface area contributed by atoms with Crippen molar-refractivity contribution < 1.29 is 4.74 Å². The van der Waals surface area contributed by atoms with Gasteiger partial charge in [-0.1, -0.05) is 31.5 Å². The lowest BCUT2D eigenvalue weighted by Crippen LogP contribution is -2.20. The molecular weight excluding hydrogens is 254 g/mol. The highest BCUT2D eigenvalue weighted by Gasteiger charge is 2.10. The molecule has 0 bridgehead atoms. The molecule has 0 spiro atoms. The maximum atomic E-state index is 12.0. The second-order valence-electron chi connectivity index (χ2n) is 4.62. The van der Waals surface area contributed by atoms with E-state index in [2.05, 4.69) is 9.97 Å². The molecule has 1 heterocycles. The number of hydrogen-bond donors (Lipinski definition) is 2. The average molecular weight is 273 g/mol. The molecular formula is C15H19N3O2. The molecule has 0 unspecified atom stereocenters. The number of anilines is 1. The minimum atomic E-state index is -0.149. The molecule has 0 saturated carbocycles. The Morgan fingerprint density at radius 1 is 1.35 bits per heavy atom. The zero-order valence-corrected chi connectivity index (χ0v) is 11.8. The molecule has 2 aromatic rings. The van der Waals surface area contributed by atoms with Crippen molar-refractivity contribution in [1.29, 1.82) is 0 Å². The Morgan fingerprint density at radius 2 is 2.10 bits per heavy atom. The number of aromatic amines is 1. The van der Waals surface area contributed by atoms with Crippen LogP contribution in [-0.2, 0) is 12.8 Å². The van der Waals surface area contributed by atoms with Gasteiger partial charge in [-0.15, -0.1) is 0 Å². The first-order valence-electron chi connectivity index (χ1n) is 6.65. The Balaban J connectivity index is 2.33. The van der Waals surface area contributed by atoms with E-state index in [1.165, 1.54) is 0 Å². The van der Waals surface area contributed by atoms with E-state index < -0.39 is 0 Å². The summed E-state index contributed by atoms with van der Waals surface area (Å²) in [6.45, 7) is 2.00. The Kier molecular flexibility index (Phi) is 4.40. The van der Waals surface area contributed by atoms with Crippen molar-refractivity contribution in [1.82, 2.24) is 9.97 Å². The number of rotatable bonds is 5. The molecule has 0 atom stereocenters. The molecule has 1 aromatic carbocycles. The number of nitrogen functional groups attached to an aromatic ring is 1. The number of ether oxygens (including phenoxy) is 1. The van der Waals surface area contributed by atoms with Crippen LogP contribution in [0.25, 0.3) is 0 Å². The quantitative estimate of drug-likeness (QED) is 0.872. The van der Waals surface area contributed by atoms with Crippen LogP contribution in [0.4, 0.5) is 5.82 Å². The van der Waals surface area contributed by atoms with E-state index in [0.29, 0.717) is 30.0 Å². The molecule has 5 heteroatoms. The third-order valence-electron chi connectivity index (χ3n) is 3.15. The van der Waals surface area contributed by atoms with E-state index in [-0.39, 0.29) is 5.56 Å². The molecule has 0 aliphatic heterocycles. The number of methoxy groups -OCH3 is 1. The van der Waals surface area contributed by atoms with Crippen LogP contribution in [0.1, 0.15) is 30.3 Å². The Labute approximate surface area is 117 Å². The van der Waals surface area contributed by atoms with Gasteiger partial charge in [0.05, 0.1) is 12.7 Å². The maximum absolute atomic E-state index is 12.0. The molecule has 0 saturated heterocycles. The summed E-state index contributed by atoms with van der Waals surface area (Å²) in [6.07, 6.45) is 1.99. The number of para-hydroxylation sites is 1. The first-order chi connectivity index (χ1) is 9.65. The number of nitrogens with two attached hydrogens (primary N) is 1. The molecule has 20 heavy (non-hydrogen) atoms. The summed E-state index contributed by atoms with van der Waals surface area (Å²) >= 11 is 0. The van der Waals surface area contributed by atoms with Crippen molar-refractivity contribution in [2.24, 2.45) is 0 Å². The highest BCUT2D eigenvalue weighted by Crippen LogP contribution is 2.19. The molecule has 5 nitrogen and oxygen atoms in total. The van der Waals surface area contributed by atoms with Gasteiger partial charge in [0.1, 0.15) is 17.4 Å². The van der Waals surface area contributed by atoms with Crippen LogP contribution < -0.4 is 16.0 Å². The standard InChI is InChI=1S/C15H19N3O2/c1-3-6-11-14(16)17-13(18-15(11)19)9-10-7-4-5-8-12(10)20-2/h4-5,7-8H,3,6,9H2,1-2H3,(H3,16,17,18,19). The number of aromatic nitrogens is 2. The number of H-pyrrole nitrogens is 1. The van der Waals surface area contributed by atoms with E-state index in [1.807, 2.05) is 31.2 Å². The summed E-state index contributed by atoms with van der Waals surface area (Å²) in [5.74, 6) is 1.64. The molecule has 2 rings (SSSR count). The minimum Gasteiger partial charge on any atom is -0.496 e. The van der Waals surface area contributed by atoms with Crippen molar-refractivity contribution in [2.75, 3.05) is 12.8 Å². The normalized spacial score (nSPS) is 10.5. The van der Waals surface area contributed by atoms with Crippen LogP contribution >= 0.6 is 0 Å². The number of nitrogens with one attached hydrogen (secondary N) is 1. The third kappa shape index (κ3) is 2.99. The first-order valence-corrected chi connectivity index (χ1v) is 6.65. The van der Waals surface area contributed by atoms with Gasteiger partial charge in [0.15, 0.2) is 0 Å². The highest BCUT2D eigenvalue weighted by molar-refractivity contribution is 5.40. The fourth-order valence-corrected chi connectivity index (χ4v) is 2.17. The van der Waals surface area contributed by atoms with Crippen molar-refractivity contribution >= 4 is 5.82 Å². The molecule has 1 aromatic heterocycles. The summed E-state index contributed by atoms with van der Waals surface area (Å²) in [7, 11) is 1.62. The molecule has 0 aliphatic rings. The average Bonchev–Trinajstić information content (AvgIpc) is 2.43. The van der Waals surface area contributed by atoms with Crippen LogP contribution in [0.15, 0.2) is 29.1 Å². The lowest BCUT2D eigenvalue weighted by molar-refractivity contribution is 0.410. The van der Waals surface area contributed by atoms with E-state index in [1.54, 1.807) is 7.11 Å². The maximum Gasteiger partial charge on any atom is 0.256 e. The van der Waals surface area contributed by atoms with Crippen LogP contribution in [0.3, 0.4) is 0 Å². The van der Waals surface area contributed by atoms with Gasteiger partial charge in [-0.2, -0.15) is 0 Å². The van der Waals surface area contributed by atoms with Crippen molar-refractivity contribution in [3.05, 3.63) is 51.6 Å². The van der Waals surface area contributed by atoms with Gasteiger partial charge < -0.3 is 15.5 Å². The van der Waals surface area contributed by atoms with E-state index in [0.717, 1.165) is 17.7 Å². The largest absolute Gasteiger partial charge is 0.496 e. The van der Waals surface area contributed by atoms with Crippen LogP contribution in [-0.4, -0.2) is 17.1 Å². The molecule has 3 N–H and O–H groups in total. The lowest BCUT2D eigenvalue weighted by Gasteiger charge is -2.09. The van der Waals surface area contributed by atoms with Gasteiger partial charge in [0.25, 0.3) is 5.56 Å². The topological polar surface area (TPSA) is 81.0 Å². The van der Waals surface area contributed by atoms with Crippen molar-refractivity contribution in [3.63, 3.8) is 0 Å². The highest BCUT2D eigenvalue weighted by atomic mass is 16.5. The fourth-order valence-electron chi connectivity index (χ4n) is 2.17. The lowest BCUT2D eigenvalue weighted by atomic mass is 10.1. The van der Waals surface area contributed by atoms with E-state index in [9.17, 15) is 4.79 Å². The second-order valence-corrected chi connectivity index (χ2v) is 4.62. The zero-order valence-electron chi connectivity index (χ0n) is 11.8. The Bertz CT molecular complexity index is 650. The van der Waals surface area contributed by atoms with E-state index in [4.69, 9.17) is 10.5 Å². The van der Waals surface area contributed by atoms with Gasteiger partial charge in [-0.25, -0.2) is 4.98 Å². The second kappa shape index (κ2) is 6.23. The SMILES string of the molecule is CCCc1c(N)nc(Cc2ccccc2OC)[nH]c1=O. The summed E-state index contributed by atoms with van der Waals surface area (Å²) in [5, 5.41) is 0. The number of hydrogen-bond acceptors (Lipinski definition) is 4. The van der Waals surface area contributed by atoms with Crippen LogP contribution in [0.2, 0.25) is 0 Å². The molecule has 106 valence electrons. The van der Waals surface area contributed by atoms with Crippen LogP contribution in [0, 0.1) is 0 Å². The number of benzene rings is 1. The number of nitrogens with zero attached hydrogens (tertiary/aromatic N) is 1. The smallest absolute Gasteiger partial charge is 0.256 e. The summed E-state index contributed by atoms with van der Waals surface area (Å²) in [5.41, 5.74) is 7.25.